The third-order valence-corrected chi connectivity index (χ3v) is 3.03. The van der Waals surface area contributed by atoms with Crippen LogP contribution in [-0.2, 0) is 6.54 Å². The Bertz CT molecular complexity index is 582. The molecule has 0 aromatic heterocycles. The smallest absolute Gasteiger partial charge is 0.101 e. The maximum atomic E-state index is 8.90. The topological polar surface area (TPSA) is 35.8 Å². The van der Waals surface area contributed by atoms with Crippen LogP contribution in [0.15, 0.2) is 42.5 Å². The van der Waals surface area contributed by atoms with Gasteiger partial charge in [-0.3, -0.25) is 0 Å². The molecule has 0 spiro atoms. The molecule has 2 aromatic rings. The molecule has 90 valence electrons. The van der Waals surface area contributed by atoms with Crippen LogP contribution in [0.2, 0.25) is 5.02 Å². The van der Waals surface area contributed by atoms with Gasteiger partial charge in [-0.25, -0.2) is 0 Å². The molecule has 0 saturated carbocycles. The Morgan fingerprint density at radius 1 is 1.17 bits per heavy atom. The lowest BCUT2D eigenvalue weighted by Gasteiger charge is -2.07. The highest BCUT2D eigenvalue weighted by Crippen LogP contribution is 2.20. The van der Waals surface area contributed by atoms with Gasteiger partial charge in [0.15, 0.2) is 0 Å². The lowest BCUT2D eigenvalue weighted by atomic mass is 10.1. The number of halogens is 1. The molecule has 0 aliphatic carbocycles. The molecule has 0 aliphatic rings. The number of hydrogen-bond acceptors (Lipinski definition) is 2. The van der Waals surface area contributed by atoms with Crippen molar-refractivity contribution in [3.63, 3.8) is 0 Å². The Morgan fingerprint density at radius 2 is 1.89 bits per heavy atom. The summed E-state index contributed by atoms with van der Waals surface area (Å²) in [5.74, 6) is 0. The van der Waals surface area contributed by atoms with Crippen LogP contribution in [0.1, 0.15) is 16.7 Å². The van der Waals surface area contributed by atoms with Gasteiger partial charge in [-0.1, -0.05) is 41.4 Å². The molecule has 0 heterocycles. The average molecular weight is 257 g/mol. The summed E-state index contributed by atoms with van der Waals surface area (Å²) in [5.41, 5.74) is 3.84. The first-order valence-electron chi connectivity index (χ1n) is 5.68. The molecule has 1 N–H and O–H groups in total. The lowest BCUT2D eigenvalue weighted by molar-refractivity contribution is 1.14. The minimum atomic E-state index is 0.485. The maximum absolute atomic E-state index is 8.90. The van der Waals surface area contributed by atoms with Gasteiger partial charge >= 0.3 is 0 Å². The zero-order valence-electron chi connectivity index (χ0n) is 10.1. The van der Waals surface area contributed by atoms with Crippen molar-refractivity contribution in [2.45, 2.75) is 13.5 Å². The van der Waals surface area contributed by atoms with Crippen molar-refractivity contribution < 1.29 is 0 Å². The molecule has 2 aromatic carbocycles. The van der Waals surface area contributed by atoms with Crippen LogP contribution in [-0.4, -0.2) is 0 Å². The molecule has 0 aliphatic heterocycles. The fourth-order valence-electron chi connectivity index (χ4n) is 1.63. The van der Waals surface area contributed by atoms with Crippen LogP contribution in [0, 0.1) is 18.3 Å². The molecule has 2 rings (SSSR count). The molecule has 0 radical (unpaired) electrons. The van der Waals surface area contributed by atoms with Crippen molar-refractivity contribution in [2.24, 2.45) is 0 Å². The third-order valence-electron chi connectivity index (χ3n) is 2.70. The quantitative estimate of drug-likeness (QED) is 0.896. The van der Waals surface area contributed by atoms with E-state index >= 15 is 0 Å². The van der Waals surface area contributed by atoms with Crippen LogP contribution in [0.5, 0.6) is 0 Å². The van der Waals surface area contributed by atoms with Crippen LogP contribution in [0.25, 0.3) is 0 Å². The van der Waals surface area contributed by atoms with E-state index in [1.165, 1.54) is 11.1 Å². The number of anilines is 1. The molecule has 0 amide bonds. The number of benzene rings is 2. The first-order chi connectivity index (χ1) is 8.69. The molecule has 0 unspecified atom stereocenters. The number of hydrogen-bond donors (Lipinski definition) is 1. The first-order valence-corrected chi connectivity index (χ1v) is 6.06. The lowest BCUT2D eigenvalue weighted by Crippen LogP contribution is -1.99. The van der Waals surface area contributed by atoms with Gasteiger partial charge in [0.25, 0.3) is 0 Å². The Kier molecular flexibility index (Phi) is 3.86. The van der Waals surface area contributed by atoms with Gasteiger partial charge in [0.1, 0.15) is 6.07 Å². The van der Waals surface area contributed by atoms with Crippen molar-refractivity contribution >= 4 is 17.3 Å². The SMILES string of the molecule is Cc1ccc(CNc2ccc(Cl)c(C#N)c2)cc1. The number of aryl methyl sites for hydroxylation is 1. The van der Waals surface area contributed by atoms with E-state index in [9.17, 15) is 0 Å². The summed E-state index contributed by atoms with van der Waals surface area (Å²) in [5, 5.41) is 12.7. The van der Waals surface area contributed by atoms with E-state index in [1.54, 1.807) is 12.1 Å². The summed E-state index contributed by atoms with van der Waals surface area (Å²) in [6.45, 7) is 2.79. The minimum Gasteiger partial charge on any atom is -0.381 e. The van der Waals surface area contributed by atoms with Crippen LogP contribution < -0.4 is 5.32 Å². The van der Waals surface area contributed by atoms with Gasteiger partial charge in [-0.2, -0.15) is 5.26 Å². The van der Waals surface area contributed by atoms with Crippen molar-refractivity contribution in [2.75, 3.05) is 5.32 Å². The second kappa shape index (κ2) is 5.57. The molecule has 18 heavy (non-hydrogen) atoms. The Balaban J connectivity index is 2.06. The summed E-state index contributed by atoms with van der Waals surface area (Å²) < 4.78 is 0. The molecule has 3 heteroatoms. The zero-order chi connectivity index (χ0) is 13.0. The molecular weight excluding hydrogens is 244 g/mol. The summed E-state index contributed by atoms with van der Waals surface area (Å²) in [7, 11) is 0. The maximum Gasteiger partial charge on any atom is 0.101 e. The van der Waals surface area contributed by atoms with E-state index in [0.717, 1.165) is 12.2 Å². The van der Waals surface area contributed by atoms with Crippen molar-refractivity contribution in [3.05, 3.63) is 64.2 Å². The van der Waals surface area contributed by atoms with Gasteiger partial charge in [-0.05, 0) is 30.7 Å². The standard InChI is InChI=1S/C15H13ClN2/c1-11-2-4-12(5-3-11)10-18-14-6-7-15(16)13(8-14)9-17/h2-8,18H,10H2,1H3. The van der Waals surface area contributed by atoms with Crippen LogP contribution in [0.3, 0.4) is 0 Å². The van der Waals surface area contributed by atoms with Gasteiger partial charge in [0.2, 0.25) is 0 Å². The summed E-state index contributed by atoms with van der Waals surface area (Å²) >= 11 is 5.88. The fourth-order valence-corrected chi connectivity index (χ4v) is 1.79. The highest BCUT2D eigenvalue weighted by Gasteiger charge is 2.01. The molecule has 0 saturated heterocycles. The van der Waals surface area contributed by atoms with E-state index in [1.807, 2.05) is 6.07 Å². The molecule has 0 fully saturated rings. The Labute approximate surface area is 112 Å². The zero-order valence-corrected chi connectivity index (χ0v) is 10.8. The largest absolute Gasteiger partial charge is 0.381 e. The average Bonchev–Trinajstić information content (AvgIpc) is 2.39. The van der Waals surface area contributed by atoms with E-state index in [2.05, 4.69) is 42.6 Å². The predicted octanol–water partition coefficient (Wildman–Crippen LogP) is 4.13. The summed E-state index contributed by atoms with van der Waals surface area (Å²) in [6.07, 6.45) is 0. The Hall–Kier alpha value is -1.98. The highest BCUT2D eigenvalue weighted by atomic mass is 35.5. The number of nitrogens with one attached hydrogen (secondary N) is 1. The van der Waals surface area contributed by atoms with Crippen LogP contribution in [0.4, 0.5) is 5.69 Å². The van der Waals surface area contributed by atoms with Crippen molar-refractivity contribution in [1.29, 1.82) is 5.26 Å². The summed E-state index contributed by atoms with van der Waals surface area (Å²) in [6, 6.07) is 15.8. The first kappa shape index (κ1) is 12.5. The second-order valence-electron chi connectivity index (χ2n) is 4.15. The van der Waals surface area contributed by atoms with Gasteiger partial charge in [-0.15, -0.1) is 0 Å². The van der Waals surface area contributed by atoms with Crippen molar-refractivity contribution in [1.82, 2.24) is 0 Å². The van der Waals surface area contributed by atoms with Crippen molar-refractivity contribution in [3.8, 4) is 6.07 Å². The monoisotopic (exact) mass is 256 g/mol. The molecule has 2 nitrogen and oxygen atoms in total. The molecular formula is C15H13ClN2. The van der Waals surface area contributed by atoms with Gasteiger partial charge in [0, 0.05) is 12.2 Å². The number of rotatable bonds is 3. The van der Waals surface area contributed by atoms with E-state index in [0.29, 0.717) is 10.6 Å². The van der Waals surface area contributed by atoms with Crippen LogP contribution >= 0.6 is 11.6 Å². The van der Waals surface area contributed by atoms with Gasteiger partial charge < -0.3 is 5.32 Å². The number of nitriles is 1. The summed E-state index contributed by atoms with van der Waals surface area (Å²) in [4.78, 5) is 0. The predicted molar refractivity (Wildman–Crippen MR) is 74.7 cm³/mol. The third kappa shape index (κ3) is 3.03. The van der Waals surface area contributed by atoms with E-state index < -0.39 is 0 Å². The molecule has 0 bridgehead atoms. The minimum absolute atomic E-state index is 0.485. The number of nitrogens with zero attached hydrogens (tertiary/aromatic N) is 1. The van der Waals surface area contributed by atoms with E-state index in [4.69, 9.17) is 16.9 Å². The van der Waals surface area contributed by atoms with E-state index in [-0.39, 0.29) is 0 Å². The fraction of sp³-hybridized carbons (Fsp3) is 0.133. The Morgan fingerprint density at radius 3 is 2.56 bits per heavy atom. The van der Waals surface area contributed by atoms with Gasteiger partial charge in [0.05, 0.1) is 10.6 Å². The normalized spacial score (nSPS) is 9.83. The molecule has 0 atom stereocenters. The highest BCUT2D eigenvalue weighted by molar-refractivity contribution is 6.31. The second-order valence-corrected chi connectivity index (χ2v) is 4.55.